The van der Waals surface area contributed by atoms with Crippen molar-refractivity contribution >= 4 is 5.69 Å². The second kappa shape index (κ2) is 6.23. The Morgan fingerprint density at radius 2 is 1.90 bits per heavy atom. The van der Waals surface area contributed by atoms with Crippen molar-refractivity contribution in [2.45, 2.75) is 13.0 Å². The molecule has 5 heteroatoms. The molecule has 2 aromatic rings. The van der Waals surface area contributed by atoms with E-state index in [2.05, 4.69) is 5.32 Å². The summed E-state index contributed by atoms with van der Waals surface area (Å²) in [6.07, 6.45) is 0. The minimum atomic E-state index is -0.577. The average molecular weight is 288 g/mol. The molecule has 0 spiro atoms. The Labute approximate surface area is 121 Å². The Hall–Kier alpha value is -2.61. The number of nitrogens with zero attached hydrogens (tertiary/aromatic N) is 1. The van der Waals surface area contributed by atoms with Crippen LogP contribution in [0.5, 0.6) is 5.75 Å². The Balaban J connectivity index is 2.22. The molecule has 0 saturated carbocycles. The minimum absolute atomic E-state index is 0.0533. The van der Waals surface area contributed by atoms with E-state index < -0.39 is 11.6 Å². The summed E-state index contributed by atoms with van der Waals surface area (Å²) in [6.45, 7) is 1.78. The maximum atomic E-state index is 14.0. The molecule has 0 fully saturated rings. The number of hydrogen-bond acceptors (Lipinski definition) is 3. The van der Waals surface area contributed by atoms with Gasteiger partial charge in [0.1, 0.15) is 23.5 Å². The number of benzene rings is 2. The summed E-state index contributed by atoms with van der Waals surface area (Å²) in [6, 6.07) is 10.1. The lowest BCUT2D eigenvalue weighted by Crippen LogP contribution is -2.09. The summed E-state index contributed by atoms with van der Waals surface area (Å²) in [4.78, 5) is 0. The van der Waals surface area contributed by atoms with E-state index in [0.717, 1.165) is 0 Å². The molecule has 0 aliphatic rings. The second-order valence-electron chi connectivity index (χ2n) is 4.56. The van der Waals surface area contributed by atoms with Crippen molar-refractivity contribution in [3.63, 3.8) is 0 Å². The Morgan fingerprint density at radius 1 is 1.14 bits per heavy atom. The van der Waals surface area contributed by atoms with Gasteiger partial charge < -0.3 is 10.1 Å². The van der Waals surface area contributed by atoms with Gasteiger partial charge in [-0.1, -0.05) is 6.07 Å². The summed E-state index contributed by atoms with van der Waals surface area (Å²) < 4.78 is 32.2. The van der Waals surface area contributed by atoms with E-state index in [-0.39, 0.29) is 11.6 Å². The van der Waals surface area contributed by atoms with Crippen molar-refractivity contribution in [3.8, 4) is 11.8 Å². The number of methoxy groups -OCH3 is 1. The van der Waals surface area contributed by atoms with Crippen LogP contribution in [-0.2, 0) is 0 Å². The minimum Gasteiger partial charge on any atom is -0.497 e. The van der Waals surface area contributed by atoms with E-state index in [0.29, 0.717) is 17.0 Å². The molecule has 1 N–H and O–H groups in total. The zero-order valence-electron chi connectivity index (χ0n) is 11.7. The molecule has 1 unspecified atom stereocenters. The number of nitriles is 1. The highest BCUT2D eigenvalue weighted by Gasteiger charge is 2.12. The fourth-order valence-electron chi connectivity index (χ4n) is 2.01. The molecule has 0 aromatic heterocycles. The van der Waals surface area contributed by atoms with E-state index in [9.17, 15) is 8.78 Å². The molecular weight excluding hydrogens is 274 g/mol. The third kappa shape index (κ3) is 3.29. The standard InChI is InChI=1S/C16H14F2N2O/c1-10(14-5-4-13(21-2)8-16(14)18)20-12-3-6-15(17)11(7-12)9-19/h3-8,10,20H,1-2H3. The van der Waals surface area contributed by atoms with Gasteiger partial charge in [-0.15, -0.1) is 0 Å². The quantitative estimate of drug-likeness (QED) is 0.924. The van der Waals surface area contributed by atoms with E-state index in [1.807, 2.05) is 0 Å². The number of nitrogens with one attached hydrogen (secondary N) is 1. The maximum Gasteiger partial charge on any atom is 0.141 e. The first-order valence-corrected chi connectivity index (χ1v) is 6.34. The number of ether oxygens (including phenoxy) is 1. The van der Waals surface area contributed by atoms with Gasteiger partial charge in [0, 0.05) is 17.3 Å². The molecular formula is C16H14F2N2O. The monoisotopic (exact) mass is 288 g/mol. The van der Waals surface area contributed by atoms with Crippen molar-refractivity contribution < 1.29 is 13.5 Å². The third-order valence-electron chi connectivity index (χ3n) is 3.14. The van der Waals surface area contributed by atoms with Crippen molar-refractivity contribution in [1.82, 2.24) is 0 Å². The molecule has 21 heavy (non-hydrogen) atoms. The summed E-state index contributed by atoms with van der Waals surface area (Å²) >= 11 is 0. The van der Waals surface area contributed by atoms with E-state index in [1.165, 1.54) is 31.4 Å². The van der Waals surface area contributed by atoms with E-state index in [4.69, 9.17) is 10.00 Å². The number of halogens is 2. The predicted molar refractivity (Wildman–Crippen MR) is 76.1 cm³/mol. The average Bonchev–Trinajstić information content (AvgIpc) is 2.48. The Kier molecular flexibility index (Phi) is 4.39. The normalized spacial score (nSPS) is 11.6. The first-order chi connectivity index (χ1) is 10.0. The fraction of sp³-hybridized carbons (Fsp3) is 0.188. The molecule has 0 aliphatic heterocycles. The lowest BCUT2D eigenvalue weighted by Gasteiger charge is -2.17. The summed E-state index contributed by atoms with van der Waals surface area (Å²) in [5, 5.41) is 11.8. The molecule has 0 radical (unpaired) electrons. The van der Waals surface area contributed by atoms with Gasteiger partial charge in [0.2, 0.25) is 0 Å². The van der Waals surface area contributed by atoms with Gasteiger partial charge >= 0.3 is 0 Å². The topological polar surface area (TPSA) is 45.0 Å². The molecule has 0 aliphatic carbocycles. The summed E-state index contributed by atoms with van der Waals surface area (Å²) in [5.41, 5.74) is 0.955. The zero-order chi connectivity index (χ0) is 15.4. The van der Waals surface area contributed by atoms with Crippen LogP contribution in [0.1, 0.15) is 24.1 Å². The van der Waals surface area contributed by atoms with Crippen molar-refractivity contribution in [2.24, 2.45) is 0 Å². The van der Waals surface area contributed by atoms with Gasteiger partial charge in [-0.3, -0.25) is 0 Å². The van der Waals surface area contributed by atoms with E-state index >= 15 is 0 Å². The van der Waals surface area contributed by atoms with Crippen LogP contribution >= 0.6 is 0 Å². The summed E-state index contributed by atoms with van der Waals surface area (Å²) in [5.74, 6) is -0.528. The van der Waals surface area contributed by atoms with Gasteiger partial charge in [-0.25, -0.2) is 8.78 Å². The smallest absolute Gasteiger partial charge is 0.141 e. The lowest BCUT2D eigenvalue weighted by atomic mass is 10.1. The molecule has 108 valence electrons. The third-order valence-corrected chi connectivity index (χ3v) is 3.14. The SMILES string of the molecule is COc1ccc(C(C)Nc2ccc(F)c(C#N)c2)c(F)c1. The maximum absolute atomic E-state index is 14.0. The van der Waals surface area contributed by atoms with Crippen molar-refractivity contribution in [2.75, 3.05) is 12.4 Å². The van der Waals surface area contributed by atoms with Crippen LogP contribution in [0.3, 0.4) is 0 Å². The first kappa shape index (κ1) is 14.8. The number of rotatable bonds is 4. The van der Waals surface area contributed by atoms with Crippen LogP contribution < -0.4 is 10.1 Å². The van der Waals surface area contributed by atoms with Crippen LogP contribution in [0.4, 0.5) is 14.5 Å². The molecule has 2 rings (SSSR count). The Bertz CT molecular complexity index is 695. The molecule has 0 bridgehead atoms. The van der Waals surface area contributed by atoms with Crippen molar-refractivity contribution in [3.05, 3.63) is 59.2 Å². The molecule has 0 amide bonds. The van der Waals surface area contributed by atoms with Gasteiger partial charge in [-0.2, -0.15) is 5.26 Å². The fourth-order valence-corrected chi connectivity index (χ4v) is 2.01. The van der Waals surface area contributed by atoms with E-state index in [1.54, 1.807) is 25.1 Å². The molecule has 0 saturated heterocycles. The summed E-state index contributed by atoms with van der Waals surface area (Å²) in [7, 11) is 1.47. The van der Waals surface area contributed by atoms with Crippen molar-refractivity contribution in [1.29, 1.82) is 5.26 Å². The van der Waals surface area contributed by atoms with Crippen LogP contribution in [0, 0.1) is 23.0 Å². The molecule has 2 aromatic carbocycles. The zero-order valence-corrected chi connectivity index (χ0v) is 11.7. The first-order valence-electron chi connectivity index (χ1n) is 6.34. The van der Waals surface area contributed by atoms with Gasteiger partial charge in [0.25, 0.3) is 0 Å². The molecule has 3 nitrogen and oxygen atoms in total. The molecule has 1 atom stereocenters. The predicted octanol–water partition coefficient (Wildman–Crippen LogP) is 4.02. The highest BCUT2D eigenvalue weighted by Crippen LogP contribution is 2.25. The number of anilines is 1. The van der Waals surface area contributed by atoms with Gasteiger partial charge in [-0.05, 0) is 31.2 Å². The van der Waals surface area contributed by atoms with Crippen LogP contribution in [0.15, 0.2) is 36.4 Å². The lowest BCUT2D eigenvalue weighted by molar-refractivity contribution is 0.410. The van der Waals surface area contributed by atoms with Crippen LogP contribution in [-0.4, -0.2) is 7.11 Å². The largest absolute Gasteiger partial charge is 0.497 e. The second-order valence-corrected chi connectivity index (χ2v) is 4.56. The van der Waals surface area contributed by atoms with Crippen LogP contribution in [0.25, 0.3) is 0 Å². The van der Waals surface area contributed by atoms with Gasteiger partial charge in [0.05, 0.1) is 18.7 Å². The number of hydrogen-bond donors (Lipinski definition) is 1. The van der Waals surface area contributed by atoms with Crippen LogP contribution in [0.2, 0.25) is 0 Å². The highest BCUT2D eigenvalue weighted by atomic mass is 19.1. The van der Waals surface area contributed by atoms with Gasteiger partial charge in [0.15, 0.2) is 0 Å². The highest BCUT2D eigenvalue weighted by molar-refractivity contribution is 5.51. The Morgan fingerprint density at radius 3 is 2.52 bits per heavy atom. The molecule has 0 heterocycles.